The minimum atomic E-state index is -4.22. The fourth-order valence-electron chi connectivity index (χ4n) is 6.20. The summed E-state index contributed by atoms with van der Waals surface area (Å²) in [5.41, 5.74) is -15.8. The molecule has 0 aromatic heterocycles. The van der Waals surface area contributed by atoms with Gasteiger partial charge in [0.15, 0.2) is 35.0 Å². The summed E-state index contributed by atoms with van der Waals surface area (Å²) in [6, 6.07) is 0. The van der Waals surface area contributed by atoms with Crippen LogP contribution in [0.3, 0.4) is 0 Å². The van der Waals surface area contributed by atoms with Crippen LogP contribution < -0.4 is 0 Å². The number of rotatable bonds is 12. The van der Waals surface area contributed by atoms with Crippen molar-refractivity contribution >= 4 is 46.8 Å². The number of hydrogen-bond donors (Lipinski definition) is 5. The van der Waals surface area contributed by atoms with Crippen LogP contribution >= 0.6 is 0 Å². The molecule has 47 heavy (non-hydrogen) atoms. The Bertz CT molecular complexity index is 1360. The molecular weight excluding hydrogens is 640 g/mol. The smallest absolute Gasteiger partial charge is 0.305 e. The third-order valence-electron chi connectivity index (χ3n) is 8.15. The van der Waals surface area contributed by atoms with E-state index >= 15 is 0 Å². The lowest BCUT2D eigenvalue weighted by Gasteiger charge is -2.65. The first-order valence-corrected chi connectivity index (χ1v) is 13.9. The summed E-state index contributed by atoms with van der Waals surface area (Å²) in [7, 11) is 0. The summed E-state index contributed by atoms with van der Waals surface area (Å²) in [5, 5.41) is 56.9. The topological polar surface area (TPSA) is 293 Å². The third-order valence-corrected chi connectivity index (χ3v) is 8.15. The second-order valence-electron chi connectivity index (χ2n) is 11.2. The summed E-state index contributed by atoms with van der Waals surface area (Å²) in [6.45, 7) is 2.09. The Labute approximate surface area is 267 Å². The first-order valence-electron chi connectivity index (χ1n) is 13.9. The third kappa shape index (κ3) is 5.59. The average molecular weight is 679 g/mol. The Hall–Kier alpha value is -3.56. The van der Waals surface area contributed by atoms with Crippen LogP contribution in [0.5, 0.6) is 0 Å². The molecule has 2 aliphatic rings. The van der Waals surface area contributed by atoms with Crippen LogP contribution in [-0.2, 0) is 66.8 Å². The van der Waals surface area contributed by atoms with E-state index in [1.54, 1.807) is 0 Å². The maximum Gasteiger partial charge on any atom is 0.305 e. The first kappa shape index (κ1) is 39.6. The van der Waals surface area contributed by atoms with Crippen molar-refractivity contribution in [1.29, 1.82) is 0 Å². The summed E-state index contributed by atoms with van der Waals surface area (Å²) >= 11 is 0. The van der Waals surface area contributed by atoms with E-state index in [-0.39, 0.29) is 0 Å². The molecule has 0 aromatic carbocycles. The number of carbonyl (C=O) groups is 8. The van der Waals surface area contributed by atoms with Crippen LogP contribution in [-0.4, -0.2) is 144 Å². The van der Waals surface area contributed by atoms with E-state index in [4.69, 9.17) is 28.4 Å². The highest BCUT2D eigenvalue weighted by Gasteiger charge is 2.91. The molecule has 19 nitrogen and oxygen atoms in total. The summed E-state index contributed by atoms with van der Waals surface area (Å²) in [6.07, 6.45) is -10.6. The largest absolute Gasteiger partial charge is 0.453 e. The van der Waals surface area contributed by atoms with Gasteiger partial charge in [-0.15, -0.1) is 0 Å². The minimum absolute atomic E-state index is 0.475. The molecule has 0 aliphatic carbocycles. The van der Waals surface area contributed by atoms with Crippen molar-refractivity contribution in [2.75, 3.05) is 13.2 Å². The number of Topliss-reactive ketones (excluding diaryl/α,β-unsaturated/α-hetero) is 5. The maximum atomic E-state index is 13.7. The number of aliphatic hydroxyl groups excluding tert-OH is 3. The molecule has 264 valence electrons. The zero-order valence-electron chi connectivity index (χ0n) is 26.8. The molecule has 2 fully saturated rings. The Morgan fingerprint density at radius 1 is 0.660 bits per heavy atom. The van der Waals surface area contributed by atoms with Crippen LogP contribution in [0.25, 0.3) is 0 Å². The van der Waals surface area contributed by atoms with Crippen molar-refractivity contribution in [2.24, 2.45) is 0 Å². The van der Waals surface area contributed by atoms with Crippen molar-refractivity contribution in [3.63, 3.8) is 0 Å². The van der Waals surface area contributed by atoms with Gasteiger partial charge in [-0.3, -0.25) is 38.4 Å². The summed E-state index contributed by atoms with van der Waals surface area (Å²) in [4.78, 5) is 104. The zero-order chi connectivity index (χ0) is 36.7. The Morgan fingerprint density at radius 3 is 1.51 bits per heavy atom. The Kier molecular flexibility index (Phi) is 11.4. The van der Waals surface area contributed by atoms with Crippen LogP contribution in [0.1, 0.15) is 55.4 Å². The highest BCUT2D eigenvalue weighted by molar-refractivity contribution is 6.13. The molecule has 2 aliphatic heterocycles. The summed E-state index contributed by atoms with van der Waals surface area (Å²) < 4.78 is 31.9. The Balaban J connectivity index is 3.17. The molecule has 2 heterocycles. The van der Waals surface area contributed by atoms with Gasteiger partial charge in [-0.05, 0) is 27.7 Å². The average Bonchev–Trinajstić information content (AvgIpc) is 2.94. The lowest BCUT2D eigenvalue weighted by atomic mass is 9.53. The van der Waals surface area contributed by atoms with E-state index in [1.807, 2.05) is 0 Å². The molecule has 0 aromatic rings. The molecule has 19 heteroatoms. The van der Waals surface area contributed by atoms with E-state index < -0.39 is 119 Å². The maximum absolute atomic E-state index is 13.7. The van der Waals surface area contributed by atoms with Crippen LogP contribution in [0.2, 0.25) is 0 Å². The molecule has 0 spiro atoms. The molecule has 2 saturated heterocycles. The minimum Gasteiger partial charge on any atom is -0.453 e. The zero-order valence-corrected chi connectivity index (χ0v) is 26.8. The monoisotopic (exact) mass is 678 g/mol. The highest BCUT2D eigenvalue weighted by Crippen LogP contribution is 2.58. The van der Waals surface area contributed by atoms with E-state index in [2.05, 4.69) is 0 Å². The molecule has 0 radical (unpaired) electrons. The summed E-state index contributed by atoms with van der Waals surface area (Å²) in [5.74, 6) is -16.0. The van der Waals surface area contributed by atoms with Gasteiger partial charge in [0.1, 0.15) is 18.3 Å². The normalized spacial score (nSPS) is 38.4. The van der Waals surface area contributed by atoms with Gasteiger partial charge in [-0.1, -0.05) is 0 Å². The van der Waals surface area contributed by atoms with Crippen molar-refractivity contribution in [1.82, 2.24) is 0 Å². The van der Waals surface area contributed by atoms with E-state index in [1.165, 1.54) is 0 Å². The van der Waals surface area contributed by atoms with Gasteiger partial charge in [0.05, 0.1) is 13.2 Å². The highest BCUT2D eigenvalue weighted by atomic mass is 16.8. The SMILES string of the molecule is CC(=O)O[C@H]1O[C@H](CO)[C@@H](O[C@]2(C(C)=O)O[C@@](CO)(C(C)=O)[C@@](OC(C)=O)(C(C)=O)[C@](O)(C(C)=O)[C@@]2(O)C(C)=O)[C@@H](O)[C@H]1OC(C)=O. The molecule has 5 N–H and O–H groups in total. The fourth-order valence-corrected chi connectivity index (χ4v) is 6.20. The number of esters is 3. The first-order chi connectivity index (χ1) is 21.4. The lowest BCUT2D eigenvalue weighted by Crippen LogP contribution is -2.95. The molecule has 0 amide bonds. The predicted molar refractivity (Wildman–Crippen MR) is 145 cm³/mol. The second kappa shape index (κ2) is 13.5. The van der Waals surface area contributed by atoms with Crippen molar-refractivity contribution in [2.45, 2.75) is 114 Å². The lowest BCUT2D eigenvalue weighted by molar-refractivity contribution is -0.437. The fraction of sp³-hybridized carbons (Fsp3) is 0.714. The van der Waals surface area contributed by atoms with E-state index in [9.17, 15) is 63.9 Å². The van der Waals surface area contributed by atoms with Gasteiger partial charge in [0.2, 0.25) is 28.7 Å². The Morgan fingerprint density at radius 2 is 1.17 bits per heavy atom. The van der Waals surface area contributed by atoms with Crippen LogP contribution in [0, 0.1) is 0 Å². The van der Waals surface area contributed by atoms with E-state index in [0.717, 1.165) is 13.8 Å². The molecule has 0 unspecified atom stereocenters. The molecular formula is C28H38O19. The molecule has 10 atom stereocenters. The van der Waals surface area contributed by atoms with E-state index in [0.29, 0.717) is 41.5 Å². The van der Waals surface area contributed by atoms with Crippen molar-refractivity contribution in [3.8, 4) is 0 Å². The number of aliphatic hydroxyl groups is 5. The number of ketones is 5. The quantitative estimate of drug-likeness (QED) is 0.0973. The number of carbonyl (C=O) groups excluding carboxylic acids is 8. The number of hydrogen-bond acceptors (Lipinski definition) is 19. The van der Waals surface area contributed by atoms with Gasteiger partial charge < -0.3 is 54.0 Å². The molecule has 2 rings (SSSR count). The van der Waals surface area contributed by atoms with Gasteiger partial charge in [-0.2, -0.15) is 0 Å². The molecule has 0 saturated carbocycles. The van der Waals surface area contributed by atoms with Gasteiger partial charge in [0.25, 0.3) is 5.79 Å². The standard InChI is InChI=1S/C28H38O19/c1-11(31)24(10-30)27(14(4)34,45-18(8)38)25(40,12(2)32)26(41,13(3)33)28(47-24,15(5)35)46-21-19(9-29)44-23(43-17(7)37)22(20(21)39)42-16(6)36/h19-23,29-30,39-41H,9-10H2,1-8H3/t19-,20-,21-,22-,23+,24+,25+,26+,27+,28-/m1/s1. The second-order valence-corrected chi connectivity index (χ2v) is 11.2. The predicted octanol–water partition coefficient (Wildman–Crippen LogP) is -3.89. The number of ether oxygens (including phenoxy) is 6. The van der Waals surface area contributed by atoms with Crippen molar-refractivity contribution in [3.05, 3.63) is 0 Å². The van der Waals surface area contributed by atoms with Gasteiger partial charge in [-0.25, -0.2) is 0 Å². The van der Waals surface area contributed by atoms with Crippen molar-refractivity contribution < 1.29 is 92.3 Å². The van der Waals surface area contributed by atoms with Gasteiger partial charge >= 0.3 is 17.9 Å². The molecule has 0 bridgehead atoms. The van der Waals surface area contributed by atoms with Crippen LogP contribution in [0.4, 0.5) is 0 Å². The van der Waals surface area contributed by atoms with Crippen LogP contribution in [0.15, 0.2) is 0 Å². The van der Waals surface area contributed by atoms with Gasteiger partial charge in [0, 0.05) is 27.7 Å².